The zero-order chi connectivity index (χ0) is 18.5. The maximum atomic E-state index is 11.8. The molecule has 0 radical (unpaired) electrons. The molecule has 1 fully saturated rings. The molecule has 0 unspecified atom stereocenters. The molecule has 1 aliphatic rings. The minimum absolute atomic E-state index is 0.0955. The van der Waals surface area contributed by atoms with Gasteiger partial charge in [-0.1, -0.05) is 0 Å². The van der Waals surface area contributed by atoms with Crippen molar-refractivity contribution in [2.75, 3.05) is 37.6 Å². The van der Waals surface area contributed by atoms with Crippen LogP contribution in [0.4, 0.5) is 5.82 Å². The fourth-order valence-electron chi connectivity index (χ4n) is 3.04. The van der Waals surface area contributed by atoms with Crippen molar-refractivity contribution in [3.8, 4) is 5.75 Å². The van der Waals surface area contributed by atoms with Crippen LogP contribution in [0.15, 0.2) is 30.5 Å². The van der Waals surface area contributed by atoms with Crippen LogP contribution in [0, 0.1) is 6.92 Å². The Morgan fingerprint density at radius 1 is 1.19 bits per heavy atom. The molecule has 0 aliphatic carbocycles. The van der Waals surface area contributed by atoms with Crippen LogP contribution in [0.3, 0.4) is 0 Å². The van der Waals surface area contributed by atoms with E-state index < -0.39 is 0 Å². The van der Waals surface area contributed by atoms with Gasteiger partial charge in [0.15, 0.2) is 0 Å². The number of amides is 1. The van der Waals surface area contributed by atoms with E-state index >= 15 is 0 Å². The number of carbonyl (C=O) groups excluding carboxylic acids is 1. The summed E-state index contributed by atoms with van der Waals surface area (Å²) in [6, 6.07) is 7.23. The van der Waals surface area contributed by atoms with Crippen molar-refractivity contribution in [2.45, 2.75) is 20.4 Å². The molecule has 7 heteroatoms. The lowest BCUT2D eigenvalue weighted by Crippen LogP contribution is -2.46. The van der Waals surface area contributed by atoms with Crippen LogP contribution in [0.2, 0.25) is 0 Å². The lowest BCUT2D eigenvalue weighted by molar-refractivity contribution is 0.0955. The van der Waals surface area contributed by atoms with Crippen LogP contribution >= 0.6 is 0 Å². The normalized spacial score (nSPS) is 15.1. The van der Waals surface area contributed by atoms with Gasteiger partial charge in [0, 0.05) is 51.2 Å². The number of hydrogen-bond donors (Lipinski definition) is 2. The highest BCUT2D eigenvalue weighted by atomic mass is 16.3. The van der Waals surface area contributed by atoms with E-state index in [-0.39, 0.29) is 11.7 Å². The molecular formula is C19H25N5O2. The van der Waals surface area contributed by atoms with Gasteiger partial charge in [0.05, 0.1) is 11.3 Å². The Morgan fingerprint density at radius 3 is 2.62 bits per heavy atom. The van der Waals surface area contributed by atoms with Crippen molar-refractivity contribution in [3.05, 3.63) is 47.4 Å². The lowest BCUT2D eigenvalue weighted by atomic mass is 10.2. The number of piperazine rings is 1. The van der Waals surface area contributed by atoms with Crippen LogP contribution in [0.25, 0.3) is 0 Å². The van der Waals surface area contributed by atoms with Crippen molar-refractivity contribution >= 4 is 11.7 Å². The largest absolute Gasteiger partial charge is 0.506 e. The van der Waals surface area contributed by atoms with Crippen LogP contribution in [-0.2, 0) is 6.54 Å². The predicted octanol–water partition coefficient (Wildman–Crippen LogP) is 1.56. The summed E-state index contributed by atoms with van der Waals surface area (Å²) in [4.78, 5) is 25.2. The summed E-state index contributed by atoms with van der Waals surface area (Å²) in [7, 11) is 0. The number of nitrogens with zero attached hydrogens (tertiary/aromatic N) is 4. The molecular weight excluding hydrogens is 330 g/mol. The van der Waals surface area contributed by atoms with Crippen molar-refractivity contribution in [3.63, 3.8) is 0 Å². The standard InChI is InChI=1S/C19H25N5O2/c1-3-20-19(26)15-5-7-18(21-12-15)24-10-8-23(9-11-24)13-16-17(25)6-4-14(2)22-16/h4-7,12,25H,3,8-11,13H2,1-2H3,(H,20,26). The van der Waals surface area contributed by atoms with Crippen LogP contribution in [-0.4, -0.2) is 58.6 Å². The molecule has 3 heterocycles. The number of anilines is 1. The summed E-state index contributed by atoms with van der Waals surface area (Å²) >= 11 is 0. The quantitative estimate of drug-likeness (QED) is 0.847. The zero-order valence-electron chi connectivity index (χ0n) is 15.3. The molecule has 2 aromatic rings. The monoisotopic (exact) mass is 355 g/mol. The molecule has 0 saturated carbocycles. The Bertz CT molecular complexity index is 755. The minimum Gasteiger partial charge on any atom is -0.506 e. The number of carbonyl (C=O) groups is 1. The Morgan fingerprint density at radius 2 is 1.96 bits per heavy atom. The number of rotatable bonds is 5. The van der Waals surface area contributed by atoms with E-state index in [4.69, 9.17) is 0 Å². The van der Waals surface area contributed by atoms with Crippen LogP contribution in [0.5, 0.6) is 5.75 Å². The number of pyridine rings is 2. The number of nitrogens with one attached hydrogen (secondary N) is 1. The maximum Gasteiger partial charge on any atom is 0.252 e. The van der Waals surface area contributed by atoms with Gasteiger partial charge in [-0.2, -0.15) is 0 Å². The van der Waals surface area contributed by atoms with Crippen molar-refractivity contribution in [1.82, 2.24) is 20.2 Å². The fourth-order valence-corrected chi connectivity index (χ4v) is 3.04. The highest BCUT2D eigenvalue weighted by molar-refractivity contribution is 5.93. The average molecular weight is 355 g/mol. The van der Waals surface area contributed by atoms with Gasteiger partial charge >= 0.3 is 0 Å². The van der Waals surface area contributed by atoms with Crippen molar-refractivity contribution in [1.29, 1.82) is 0 Å². The highest BCUT2D eigenvalue weighted by Gasteiger charge is 2.20. The second-order valence-electron chi connectivity index (χ2n) is 6.45. The molecule has 0 bridgehead atoms. The van der Waals surface area contributed by atoms with Crippen LogP contribution < -0.4 is 10.2 Å². The second kappa shape index (κ2) is 8.14. The molecule has 2 aromatic heterocycles. The first kappa shape index (κ1) is 18.1. The van der Waals surface area contributed by atoms with Gasteiger partial charge in [0.2, 0.25) is 0 Å². The Kier molecular flexibility index (Phi) is 5.68. The summed E-state index contributed by atoms with van der Waals surface area (Å²) in [5, 5.41) is 12.7. The summed E-state index contributed by atoms with van der Waals surface area (Å²) < 4.78 is 0. The van der Waals surface area contributed by atoms with E-state index in [2.05, 4.69) is 25.1 Å². The molecule has 0 aromatic carbocycles. The first-order valence-electron chi connectivity index (χ1n) is 8.94. The number of aromatic nitrogens is 2. The van der Waals surface area contributed by atoms with E-state index in [0.717, 1.165) is 43.4 Å². The number of hydrogen-bond acceptors (Lipinski definition) is 6. The van der Waals surface area contributed by atoms with E-state index in [9.17, 15) is 9.90 Å². The number of aryl methyl sites for hydroxylation is 1. The van der Waals surface area contributed by atoms with Gasteiger partial charge in [0.25, 0.3) is 5.91 Å². The third-order valence-corrected chi connectivity index (χ3v) is 4.51. The third kappa shape index (κ3) is 4.29. The molecule has 1 saturated heterocycles. The first-order chi connectivity index (χ1) is 12.6. The van der Waals surface area contributed by atoms with Gasteiger partial charge in [0.1, 0.15) is 11.6 Å². The average Bonchev–Trinajstić information content (AvgIpc) is 2.66. The molecule has 26 heavy (non-hydrogen) atoms. The molecule has 0 atom stereocenters. The highest BCUT2D eigenvalue weighted by Crippen LogP contribution is 2.19. The molecule has 1 aliphatic heterocycles. The smallest absolute Gasteiger partial charge is 0.252 e. The summed E-state index contributed by atoms with van der Waals surface area (Å²) in [6.45, 7) is 8.50. The zero-order valence-corrected chi connectivity index (χ0v) is 15.3. The lowest BCUT2D eigenvalue weighted by Gasteiger charge is -2.35. The van der Waals surface area contributed by atoms with Gasteiger partial charge in [-0.15, -0.1) is 0 Å². The van der Waals surface area contributed by atoms with E-state index in [1.165, 1.54) is 0 Å². The molecule has 138 valence electrons. The van der Waals surface area contributed by atoms with Crippen LogP contribution in [0.1, 0.15) is 28.7 Å². The van der Waals surface area contributed by atoms with E-state index in [1.807, 2.05) is 32.0 Å². The summed E-state index contributed by atoms with van der Waals surface area (Å²) in [6.07, 6.45) is 1.63. The third-order valence-electron chi connectivity index (χ3n) is 4.51. The first-order valence-corrected chi connectivity index (χ1v) is 8.94. The van der Waals surface area contributed by atoms with Crippen molar-refractivity contribution < 1.29 is 9.90 Å². The predicted molar refractivity (Wildman–Crippen MR) is 100 cm³/mol. The second-order valence-corrected chi connectivity index (χ2v) is 6.45. The van der Waals surface area contributed by atoms with Crippen molar-refractivity contribution in [2.24, 2.45) is 0 Å². The Labute approximate surface area is 153 Å². The van der Waals surface area contributed by atoms with E-state index in [0.29, 0.717) is 18.7 Å². The number of aromatic hydroxyl groups is 1. The summed E-state index contributed by atoms with van der Waals surface area (Å²) in [5.74, 6) is 1.04. The molecule has 1 amide bonds. The minimum atomic E-state index is -0.0955. The SMILES string of the molecule is CCNC(=O)c1ccc(N2CCN(Cc3nc(C)ccc3O)CC2)nc1. The van der Waals surface area contributed by atoms with Gasteiger partial charge < -0.3 is 15.3 Å². The van der Waals surface area contributed by atoms with Gasteiger partial charge in [-0.25, -0.2) is 4.98 Å². The Balaban J connectivity index is 1.56. The summed E-state index contributed by atoms with van der Waals surface area (Å²) in [5.41, 5.74) is 2.21. The molecule has 2 N–H and O–H groups in total. The molecule has 3 rings (SSSR count). The molecule has 7 nitrogen and oxygen atoms in total. The topological polar surface area (TPSA) is 81.6 Å². The van der Waals surface area contributed by atoms with Gasteiger partial charge in [-0.3, -0.25) is 14.7 Å². The maximum absolute atomic E-state index is 11.8. The Hall–Kier alpha value is -2.67. The van der Waals surface area contributed by atoms with Gasteiger partial charge in [-0.05, 0) is 38.1 Å². The molecule has 0 spiro atoms. The van der Waals surface area contributed by atoms with E-state index in [1.54, 1.807) is 12.3 Å². The fraction of sp³-hybridized carbons (Fsp3) is 0.421.